The molecular formula is C15H29N3O2. The second kappa shape index (κ2) is 8.60. The highest BCUT2D eigenvalue weighted by atomic mass is 16.5. The zero-order chi connectivity index (χ0) is 14.2. The van der Waals surface area contributed by atoms with Gasteiger partial charge in [0.25, 0.3) is 0 Å². The van der Waals surface area contributed by atoms with Gasteiger partial charge in [0.2, 0.25) is 5.91 Å². The molecule has 0 bridgehead atoms. The van der Waals surface area contributed by atoms with Crippen molar-refractivity contribution in [1.82, 2.24) is 9.80 Å². The quantitative estimate of drug-likeness (QED) is 0.703. The van der Waals surface area contributed by atoms with Crippen LogP contribution in [-0.4, -0.2) is 67.7 Å². The summed E-state index contributed by atoms with van der Waals surface area (Å²) in [6.07, 6.45) is 6.21. The predicted octanol–water partition coefficient (Wildman–Crippen LogP) is 0.829. The van der Waals surface area contributed by atoms with Crippen LogP contribution in [0.15, 0.2) is 0 Å². The molecule has 1 atom stereocenters. The lowest BCUT2D eigenvalue weighted by atomic mass is 10.1. The van der Waals surface area contributed by atoms with E-state index in [0.717, 1.165) is 78.0 Å². The fourth-order valence-electron chi connectivity index (χ4n) is 3.14. The molecule has 2 fully saturated rings. The van der Waals surface area contributed by atoms with E-state index in [1.165, 1.54) is 0 Å². The SMILES string of the molecule is NCCCCCCC(=O)N1CCC(N2CCOCC2)C1. The molecule has 0 saturated carbocycles. The summed E-state index contributed by atoms with van der Waals surface area (Å²) >= 11 is 0. The van der Waals surface area contributed by atoms with Crippen molar-refractivity contribution in [2.24, 2.45) is 5.73 Å². The summed E-state index contributed by atoms with van der Waals surface area (Å²) in [6, 6.07) is 0.556. The lowest BCUT2D eigenvalue weighted by Gasteiger charge is -2.32. The molecule has 2 aliphatic heterocycles. The molecule has 0 aromatic rings. The van der Waals surface area contributed by atoms with Crippen molar-refractivity contribution in [2.45, 2.75) is 44.6 Å². The van der Waals surface area contributed by atoms with Crippen LogP contribution >= 0.6 is 0 Å². The Morgan fingerprint density at radius 2 is 1.85 bits per heavy atom. The molecule has 0 aromatic carbocycles. The van der Waals surface area contributed by atoms with Crippen molar-refractivity contribution in [3.63, 3.8) is 0 Å². The summed E-state index contributed by atoms with van der Waals surface area (Å²) in [5.41, 5.74) is 5.47. The van der Waals surface area contributed by atoms with Gasteiger partial charge in [-0.3, -0.25) is 9.69 Å². The summed E-state index contributed by atoms with van der Waals surface area (Å²) in [5.74, 6) is 0.341. The van der Waals surface area contributed by atoms with E-state index in [-0.39, 0.29) is 0 Å². The first kappa shape index (κ1) is 15.7. The minimum absolute atomic E-state index is 0.341. The summed E-state index contributed by atoms with van der Waals surface area (Å²) in [4.78, 5) is 16.7. The van der Waals surface area contributed by atoms with Crippen LogP contribution in [0.5, 0.6) is 0 Å². The van der Waals surface area contributed by atoms with Gasteiger partial charge >= 0.3 is 0 Å². The first-order chi connectivity index (χ1) is 9.81. The number of nitrogens with zero attached hydrogens (tertiary/aromatic N) is 2. The van der Waals surface area contributed by atoms with Crippen LogP contribution in [-0.2, 0) is 9.53 Å². The average molecular weight is 283 g/mol. The maximum absolute atomic E-state index is 12.2. The predicted molar refractivity (Wildman–Crippen MR) is 79.5 cm³/mol. The van der Waals surface area contributed by atoms with Crippen LogP contribution in [0, 0.1) is 0 Å². The Labute approximate surface area is 122 Å². The van der Waals surface area contributed by atoms with E-state index < -0.39 is 0 Å². The van der Waals surface area contributed by atoms with E-state index in [0.29, 0.717) is 18.4 Å². The third kappa shape index (κ3) is 4.72. The Morgan fingerprint density at radius 3 is 2.60 bits per heavy atom. The molecule has 116 valence electrons. The van der Waals surface area contributed by atoms with Crippen LogP contribution < -0.4 is 5.73 Å². The molecule has 5 nitrogen and oxygen atoms in total. The molecular weight excluding hydrogens is 254 g/mol. The Hall–Kier alpha value is -0.650. The van der Waals surface area contributed by atoms with E-state index >= 15 is 0 Å². The minimum atomic E-state index is 0.341. The smallest absolute Gasteiger partial charge is 0.222 e. The van der Waals surface area contributed by atoms with Gasteiger partial charge in [-0.05, 0) is 25.8 Å². The van der Waals surface area contributed by atoms with Gasteiger partial charge in [0.05, 0.1) is 13.2 Å². The van der Waals surface area contributed by atoms with Crippen LogP contribution in [0.1, 0.15) is 38.5 Å². The second-order valence-electron chi connectivity index (χ2n) is 5.88. The molecule has 1 amide bonds. The van der Waals surface area contributed by atoms with Crippen LogP contribution in [0.4, 0.5) is 0 Å². The standard InChI is InChI=1S/C15H29N3O2/c16-7-4-2-1-3-5-15(19)18-8-6-14(13-18)17-9-11-20-12-10-17/h14H,1-13,16H2. The van der Waals surface area contributed by atoms with E-state index in [4.69, 9.17) is 10.5 Å². The Balaban J connectivity index is 1.62. The molecule has 1 unspecified atom stereocenters. The number of unbranched alkanes of at least 4 members (excludes halogenated alkanes) is 3. The third-order valence-corrected chi connectivity index (χ3v) is 4.42. The van der Waals surface area contributed by atoms with E-state index in [1.54, 1.807) is 0 Å². The van der Waals surface area contributed by atoms with Gasteiger partial charge in [-0.1, -0.05) is 12.8 Å². The van der Waals surface area contributed by atoms with E-state index in [9.17, 15) is 4.79 Å². The van der Waals surface area contributed by atoms with Crippen molar-refractivity contribution in [3.8, 4) is 0 Å². The molecule has 2 aliphatic rings. The van der Waals surface area contributed by atoms with Crippen molar-refractivity contribution in [1.29, 1.82) is 0 Å². The number of likely N-dealkylation sites (tertiary alicyclic amines) is 1. The van der Waals surface area contributed by atoms with Crippen molar-refractivity contribution in [2.75, 3.05) is 45.9 Å². The lowest BCUT2D eigenvalue weighted by Crippen LogP contribution is -2.45. The number of nitrogens with two attached hydrogens (primary N) is 1. The molecule has 0 radical (unpaired) electrons. The largest absolute Gasteiger partial charge is 0.379 e. The Bertz CT molecular complexity index is 293. The fourth-order valence-corrected chi connectivity index (χ4v) is 3.14. The Kier molecular flexibility index (Phi) is 6.76. The number of hydrogen-bond acceptors (Lipinski definition) is 4. The Morgan fingerprint density at radius 1 is 1.10 bits per heavy atom. The van der Waals surface area contributed by atoms with Gasteiger partial charge in [0, 0.05) is 38.6 Å². The van der Waals surface area contributed by atoms with Gasteiger partial charge in [-0.25, -0.2) is 0 Å². The number of hydrogen-bond donors (Lipinski definition) is 1. The number of morpholine rings is 1. The van der Waals surface area contributed by atoms with E-state index in [2.05, 4.69) is 9.80 Å². The second-order valence-corrected chi connectivity index (χ2v) is 5.88. The number of ether oxygens (including phenoxy) is 1. The number of amides is 1. The highest BCUT2D eigenvalue weighted by molar-refractivity contribution is 5.76. The highest BCUT2D eigenvalue weighted by Crippen LogP contribution is 2.18. The van der Waals surface area contributed by atoms with E-state index in [1.807, 2.05) is 0 Å². The average Bonchev–Trinajstić information content (AvgIpc) is 2.98. The van der Waals surface area contributed by atoms with Crippen molar-refractivity contribution < 1.29 is 9.53 Å². The maximum Gasteiger partial charge on any atom is 0.222 e. The maximum atomic E-state index is 12.2. The van der Waals surface area contributed by atoms with Crippen molar-refractivity contribution >= 4 is 5.91 Å². The summed E-state index contributed by atoms with van der Waals surface area (Å²) in [5, 5.41) is 0. The topological polar surface area (TPSA) is 58.8 Å². The summed E-state index contributed by atoms with van der Waals surface area (Å²) in [6.45, 7) is 6.33. The van der Waals surface area contributed by atoms with Gasteiger partial charge in [0.15, 0.2) is 0 Å². The van der Waals surface area contributed by atoms with Gasteiger partial charge < -0.3 is 15.4 Å². The normalized spacial score (nSPS) is 24.2. The number of rotatable bonds is 7. The van der Waals surface area contributed by atoms with Crippen LogP contribution in [0.25, 0.3) is 0 Å². The first-order valence-electron chi connectivity index (χ1n) is 8.11. The molecule has 2 heterocycles. The molecule has 20 heavy (non-hydrogen) atoms. The summed E-state index contributed by atoms with van der Waals surface area (Å²) in [7, 11) is 0. The molecule has 0 aliphatic carbocycles. The number of carbonyl (C=O) groups is 1. The fraction of sp³-hybridized carbons (Fsp3) is 0.933. The minimum Gasteiger partial charge on any atom is -0.379 e. The molecule has 2 saturated heterocycles. The van der Waals surface area contributed by atoms with Gasteiger partial charge in [-0.15, -0.1) is 0 Å². The zero-order valence-corrected chi connectivity index (χ0v) is 12.6. The van der Waals surface area contributed by atoms with Crippen molar-refractivity contribution in [3.05, 3.63) is 0 Å². The monoisotopic (exact) mass is 283 g/mol. The first-order valence-corrected chi connectivity index (χ1v) is 8.11. The lowest BCUT2D eigenvalue weighted by molar-refractivity contribution is -0.130. The molecule has 5 heteroatoms. The zero-order valence-electron chi connectivity index (χ0n) is 12.6. The van der Waals surface area contributed by atoms with Gasteiger partial charge in [-0.2, -0.15) is 0 Å². The third-order valence-electron chi connectivity index (χ3n) is 4.42. The number of carbonyl (C=O) groups excluding carboxylic acids is 1. The molecule has 0 aromatic heterocycles. The molecule has 0 spiro atoms. The summed E-state index contributed by atoms with van der Waals surface area (Å²) < 4.78 is 5.39. The highest BCUT2D eigenvalue weighted by Gasteiger charge is 2.30. The van der Waals surface area contributed by atoms with Crippen LogP contribution in [0.3, 0.4) is 0 Å². The van der Waals surface area contributed by atoms with Crippen LogP contribution in [0.2, 0.25) is 0 Å². The molecule has 2 N–H and O–H groups in total. The molecule has 2 rings (SSSR count). The van der Waals surface area contributed by atoms with Gasteiger partial charge in [0.1, 0.15) is 0 Å².